The molecular formula is C34H35N7O4S. The van der Waals surface area contributed by atoms with E-state index >= 15 is 0 Å². The molecule has 0 spiro atoms. The lowest BCUT2D eigenvalue weighted by molar-refractivity contribution is -0.137. The Morgan fingerprint density at radius 2 is 1.76 bits per heavy atom. The fraction of sp³-hybridized carbons (Fsp3) is 0.324. The number of carbonyl (C=O) groups is 1. The molecule has 0 bridgehead atoms. The van der Waals surface area contributed by atoms with Gasteiger partial charge in [-0.05, 0) is 78.9 Å². The first-order chi connectivity index (χ1) is 22.6. The van der Waals surface area contributed by atoms with E-state index in [0.29, 0.717) is 22.5 Å². The first kappa shape index (κ1) is 30.0. The monoisotopic (exact) mass is 637 g/mol. The molecule has 1 unspecified atom stereocenters. The van der Waals surface area contributed by atoms with Crippen molar-refractivity contribution >= 4 is 39.0 Å². The van der Waals surface area contributed by atoms with Gasteiger partial charge < -0.3 is 19.2 Å². The number of ether oxygens (including phenoxy) is 2. The lowest BCUT2D eigenvalue weighted by Gasteiger charge is -2.34. The zero-order valence-electron chi connectivity index (χ0n) is 25.8. The quantitative estimate of drug-likeness (QED) is 0.122. The Morgan fingerprint density at radius 3 is 2.50 bits per heavy atom. The number of hydrogen-bond acceptors (Lipinski definition) is 10. The predicted molar refractivity (Wildman–Crippen MR) is 177 cm³/mol. The topological polar surface area (TPSA) is 109 Å². The number of nitrogens with zero attached hydrogens (tertiary/aromatic N) is 7. The summed E-state index contributed by atoms with van der Waals surface area (Å²) in [6, 6.07) is 23.0. The van der Waals surface area contributed by atoms with E-state index in [2.05, 4.69) is 46.4 Å². The first-order valence-corrected chi connectivity index (χ1v) is 16.4. The predicted octanol–water partition coefficient (Wildman–Crippen LogP) is 6.14. The lowest BCUT2D eigenvalue weighted by Crippen LogP contribution is -2.35. The number of aromatic nitrogens is 6. The highest BCUT2D eigenvalue weighted by Crippen LogP contribution is 2.31. The highest BCUT2D eigenvalue weighted by atomic mass is 32.1. The van der Waals surface area contributed by atoms with Crippen LogP contribution in [0.4, 0.5) is 5.69 Å². The summed E-state index contributed by atoms with van der Waals surface area (Å²) in [5, 5.41) is 13.6. The van der Waals surface area contributed by atoms with Gasteiger partial charge in [-0.2, -0.15) is 5.10 Å². The number of anilines is 1. The van der Waals surface area contributed by atoms with Gasteiger partial charge >= 0.3 is 5.97 Å². The number of para-hydroxylation sites is 1. The van der Waals surface area contributed by atoms with E-state index in [1.54, 1.807) is 42.7 Å². The van der Waals surface area contributed by atoms with Crippen molar-refractivity contribution in [1.29, 1.82) is 0 Å². The molecule has 3 aromatic carbocycles. The second-order valence-corrected chi connectivity index (χ2v) is 12.4. The third-order valence-corrected chi connectivity index (χ3v) is 9.32. The summed E-state index contributed by atoms with van der Waals surface area (Å²) < 4.78 is 13.2. The van der Waals surface area contributed by atoms with Crippen LogP contribution in [0.2, 0.25) is 0 Å². The van der Waals surface area contributed by atoms with Gasteiger partial charge in [-0.25, -0.2) is 14.3 Å². The largest absolute Gasteiger partial charge is 0.372 e. The molecule has 0 N–H and O–H groups in total. The molecule has 11 nitrogen and oxygen atoms in total. The van der Waals surface area contributed by atoms with Gasteiger partial charge in [-0.1, -0.05) is 53.8 Å². The third kappa shape index (κ3) is 6.37. The molecule has 46 heavy (non-hydrogen) atoms. The second kappa shape index (κ2) is 13.4. The van der Waals surface area contributed by atoms with Gasteiger partial charge in [0.15, 0.2) is 6.29 Å². The van der Waals surface area contributed by atoms with Gasteiger partial charge in [-0.15, -0.1) is 5.10 Å². The fourth-order valence-corrected chi connectivity index (χ4v) is 6.59. The normalized spacial score (nSPS) is 14.7. The van der Waals surface area contributed by atoms with Crippen LogP contribution >= 0.6 is 11.3 Å². The molecule has 0 radical (unpaired) electrons. The van der Waals surface area contributed by atoms with Crippen LogP contribution in [0, 0.1) is 5.92 Å². The highest BCUT2D eigenvalue weighted by molar-refractivity contribution is 7.19. The molecule has 1 fully saturated rings. The SMILES string of the molecule is CCCC(OC)OCC1CCN(c2ccc(-c3nn4cc(-c5ccc(C(=O)On6nnc7ccccc76)cc5)nc4s3)cc2)CC1. The highest BCUT2D eigenvalue weighted by Gasteiger charge is 2.21. The van der Waals surface area contributed by atoms with Crippen LogP contribution in [-0.2, 0) is 9.47 Å². The van der Waals surface area contributed by atoms with Crippen LogP contribution in [-0.4, -0.2) is 68.8 Å². The molecule has 12 heteroatoms. The van der Waals surface area contributed by atoms with Gasteiger partial charge in [0.25, 0.3) is 0 Å². The van der Waals surface area contributed by atoms with Crippen molar-refractivity contribution in [2.75, 3.05) is 31.7 Å². The fourth-order valence-electron chi connectivity index (χ4n) is 5.70. The van der Waals surface area contributed by atoms with Gasteiger partial charge in [0, 0.05) is 37.0 Å². The molecule has 1 aliphatic rings. The maximum Gasteiger partial charge on any atom is 0.365 e. The lowest BCUT2D eigenvalue weighted by atomic mass is 9.97. The van der Waals surface area contributed by atoms with Crippen LogP contribution in [0.25, 0.3) is 37.8 Å². The maximum absolute atomic E-state index is 12.7. The number of piperidine rings is 1. The molecule has 1 aliphatic heterocycles. The zero-order valence-corrected chi connectivity index (χ0v) is 26.6. The average molecular weight is 638 g/mol. The summed E-state index contributed by atoms with van der Waals surface area (Å²) in [6.45, 7) is 4.96. The Balaban J connectivity index is 0.954. The number of fused-ring (bicyclic) bond motifs is 2. The van der Waals surface area contributed by atoms with Crippen molar-refractivity contribution in [3.05, 3.63) is 84.6 Å². The number of hydrogen-bond donors (Lipinski definition) is 0. The van der Waals surface area contributed by atoms with E-state index in [-0.39, 0.29) is 6.29 Å². The molecule has 4 heterocycles. The van der Waals surface area contributed by atoms with Gasteiger partial charge in [-0.3, -0.25) is 0 Å². The van der Waals surface area contributed by atoms with Crippen molar-refractivity contribution in [3.8, 4) is 21.8 Å². The van der Waals surface area contributed by atoms with E-state index in [9.17, 15) is 4.79 Å². The van der Waals surface area contributed by atoms with Crippen LogP contribution in [0.15, 0.2) is 79.0 Å². The van der Waals surface area contributed by atoms with Gasteiger partial charge in [0.1, 0.15) is 16.0 Å². The van der Waals surface area contributed by atoms with E-state index in [4.69, 9.17) is 24.4 Å². The second-order valence-electron chi connectivity index (χ2n) is 11.4. The van der Waals surface area contributed by atoms with Crippen LogP contribution in [0.5, 0.6) is 0 Å². The molecule has 7 rings (SSSR count). The standard InChI is InChI=1S/C34H35N7O4S/c1-3-6-31(43-2)44-22-23-17-19-39(20-18-23)27-15-13-25(14-16-27)32-37-40-21-29(35-34(40)46-32)24-9-11-26(12-10-24)33(42)45-41-30-8-5-4-7-28(30)36-38-41/h4-5,7-16,21,23,31H,3,6,17-20,22H2,1-2H3. The van der Waals surface area contributed by atoms with E-state index < -0.39 is 5.97 Å². The third-order valence-electron chi connectivity index (χ3n) is 8.35. The Bertz CT molecular complexity index is 1890. The smallest absolute Gasteiger partial charge is 0.365 e. The zero-order chi connectivity index (χ0) is 31.5. The molecule has 6 aromatic rings. The Morgan fingerprint density at radius 1 is 1.00 bits per heavy atom. The van der Waals surface area contributed by atoms with Crippen molar-refractivity contribution < 1.29 is 19.1 Å². The van der Waals surface area contributed by atoms with Gasteiger partial charge in [0.2, 0.25) is 4.96 Å². The Labute approximate surface area is 270 Å². The Kier molecular flexibility index (Phi) is 8.73. The summed E-state index contributed by atoms with van der Waals surface area (Å²) in [5.74, 6) is 0.0466. The van der Waals surface area contributed by atoms with Crippen molar-refractivity contribution in [2.24, 2.45) is 5.92 Å². The minimum Gasteiger partial charge on any atom is -0.372 e. The molecule has 0 amide bonds. The number of rotatable bonds is 11. The molecule has 1 atom stereocenters. The molecule has 236 valence electrons. The number of methoxy groups -OCH3 is 1. The Hall–Kier alpha value is -4.65. The summed E-state index contributed by atoms with van der Waals surface area (Å²) in [7, 11) is 1.72. The summed E-state index contributed by atoms with van der Waals surface area (Å²) >= 11 is 1.54. The summed E-state index contributed by atoms with van der Waals surface area (Å²) in [5.41, 5.74) is 5.61. The van der Waals surface area contributed by atoms with Crippen molar-refractivity contribution in [3.63, 3.8) is 0 Å². The van der Waals surface area contributed by atoms with E-state index in [1.165, 1.54) is 5.69 Å². The van der Waals surface area contributed by atoms with Crippen LogP contribution in [0.1, 0.15) is 43.0 Å². The minimum absolute atomic E-state index is 0.0889. The van der Waals surface area contributed by atoms with Crippen molar-refractivity contribution in [1.82, 2.24) is 29.8 Å². The summed E-state index contributed by atoms with van der Waals surface area (Å²) in [4.78, 5) is 27.3. The number of carbonyl (C=O) groups excluding carboxylic acids is 1. The first-order valence-electron chi connectivity index (χ1n) is 15.6. The summed E-state index contributed by atoms with van der Waals surface area (Å²) in [6.07, 6.45) is 6.04. The molecule has 0 aliphatic carbocycles. The number of benzene rings is 3. The van der Waals surface area contributed by atoms with Crippen molar-refractivity contribution in [2.45, 2.75) is 38.9 Å². The van der Waals surface area contributed by atoms with E-state index in [0.717, 1.165) is 77.0 Å². The molecular weight excluding hydrogens is 602 g/mol. The molecule has 3 aromatic heterocycles. The number of imidazole rings is 1. The molecule has 1 saturated heterocycles. The van der Waals surface area contributed by atoms with Crippen LogP contribution < -0.4 is 9.74 Å². The van der Waals surface area contributed by atoms with Gasteiger partial charge in [0.05, 0.1) is 24.1 Å². The minimum atomic E-state index is -0.525. The van der Waals surface area contributed by atoms with E-state index in [1.807, 2.05) is 35.0 Å². The average Bonchev–Trinajstić information content (AvgIpc) is 3.81. The maximum atomic E-state index is 12.7. The molecule has 0 saturated carbocycles. The van der Waals surface area contributed by atoms with Crippen LogP contribution in [0.3, 0.4) is 0 Å².